The lowest BCUT2D eigenvalue weighted by molar-refractivity contribution is 0.102. The lowest BCUT2D eigenvalue weighted by atomic mass is 10.4. The Kier molecular flexibility index (Phi) is 2.75. The van der Waals surface area contributed by atoms with Gasteiger partial charge in [0.2, 0.25) is 0 Å². The molecule has 1 amide bonds. The first-order valence-corrected chi connectivity index (χ1v) is 6.57. The van der Waals surface area contributed by atoms with E-state index in [1.165, 1.54) is 11.3 Å². The van der Waals surface area contributed by atoms with Gasteiger partial charge in [-0.1, -0.05) is 6.07 Å². The highest BCUT2D eigenvalue weighted by Gasteiger charge is 2.12. The minimum absolute atomic E-state index is 0.208. The molecule has 7 heteroatoms. The summed E-state index contributed by atoms with van der Waals surface area (Å²) in [5, 5.41) is 8.74. The molecule has 0 bridgehead atoms. The lowest BCUT2D eigenvalue weighted by Crippen LogP contribution is -2.11. The maximum atomic E-state index is 11.9. The van der Waals surface area contributed by atoms with Gasteiger partial charge in [-0.3, -0.25) is 10.1 Å². The summed E-state index contributed by atoms with van der Waals surface area (Å²) in [6, 6.07) is 5.49. The summed E-state index contributed by atoms with van der Waals surface area (Å²) in [7, 11) is 0. The number of amides is 1. The number of carbonyl (C=O) groups is 1. The van der Waals surface area contributed by atoms with E-state index >= 15 is 0 Å². The van der Waals surface area contributed by atoms with Crippen molar-refractivity contribution < 1.29 is 4.79 Å². The van der Waals surface area contributed by atoms with Crippen molar-refractivity contribution in [2.24, 2.45) is 0 Å². The topological polar surface area (TPSA) is 72.2 Å². The Labute approximate surface area is 113 Å². The van der Waals surface area contributed by atoms with Crippen LogP contribution in [-0.2, 0) is 0 Å². The van der Waals surface area contributed by atoms with Crippen LogP contribution in [0.2, 0.25) is 0 Å². The van der Waals surface area contributed by atoms with Gasteiger partial charge in [0.05, 0.1) is 4.88 Å². The van der Waals surface area contributed by atoms with E-state index in [1.54, 1.807) is 10.6 Å². The van der Waals surface area contributed by atoms with Crippen LogP contribution in [0.4, 0.5) is 5.95 Å². The van der Waals surface area contributed by atoms with Crippen LogP contribution in [0.5, 0.6) is 0 Å². The Hall–Kier alpha value is -2.28. The molecule has 19 heavy (non-hydrogen) atoms. The Morgan fingerprint density at radius 3 is 2.95 bits per heavy atom. The van der Waals surface area contributed by atoms with Crippen LogP contribution < -0.4 is 5.32 Å². The Bertz CT molecular complexity index is 747. The highest BCUT2D eigenvalue weighted by atomic mass is 32.1. The Morgan fingerprint density at radius 1 is 1.37 bits per heavy atom. The van der Waals surface area contributed by atoms with E-state index in [9.17, 15) is 4.79 Å². The summed E-state index contributed by atoms with van der Waals surface area (Å²) in [5.74, 6) is 0.541. The van der Waals surface area contributed by atoms with Gasteiger partial charge in [0.1, 0.15) is 0 Å². The molecule has 1 N–H and O–H groups in total. The molecule has 0 spiro atoms. The first kappa shape index (κ1) is 11.8. The molecule has 0 unspecified atom stereocenters. The summed E-state index contributed by atoms with van der Waals surface area (Å²) >= 11 is 1.37. The van der Waals surface area contributed by atoms with Gasteiger partial charge in [-0.05, 0) is 31.4 Å². The SMILES string of the molecule is Cc1cc(C)n2nc(NC(=O)c3cccs3)nc2n1. The average Bonchev–Trinajstić information content (AvgIpc) is 2.96. The molecule has 0 aliphatic carbocycles. The number of fused-ring (bicyclic) bond motifs is 1. The number of rotatable bonds is 2. The molecule has 0 radical (unpaired) electrons. The zero-order valence-corrected chi connectivity index (χ0v) is 11.2. The quantitative estimate of drug-likeness (QED) is 0.775. The number of carbonyl (C=O) groups excluding carboxylic acids is 1. The smallest absolute Gasteiger partial charge is 0.268 e. The third-order valence-corrected chi connectivity index (χ3v) is 3.46. The summed E-state index contributed by atoms with van der Waals surface area (Å²) in [4.78, 5) is 21.0. The number of nitrogens with zero attached hydrogens (tertiary/aromatic N) is 4. The monoisotopic (exact) mass is 273 g/mol. The zero-order valence-electron chi connectivity index (χ0n) is 10.4. The van der Waals surface area contributed by atoms with Crippen molar-refractivity contribution >= 4 is 29.0 Å². The number of aromatic nitrogens is 4. The summed E-state index contributed by atoms with van der Waals surface area (Å²) in [6.45, 7) is 3.81. The average molecular weight is 273 g/mol. The van der Waals surface area contributed by atoms with Gasteiger partial charge in [-0.2, -0.15) is 9.50 Å². The molecule has 96 valence electrons. The largest absolute Gasteiger partial charge is 0.288 e. The van der Waals surface area contributed by atoms with Crippen LogP contribution in [-0.4, -0.2) is 25.5 Å². The van der Waals surface area contributed by atoms with E-state index in [4.69, 9.17) is 0 Å². The molecule has 0 atom stereocenters. The summed E-state index contributed by atoms with van der Waals surface area (Å²) < 4.78 is 1.61. The third-order valence-electron chi connectivity index (χ3n) is 2.59. The molecule has 3 rings (SSSR count). The highest BCUT2D eigenvalue weighted by molar-refractivity contribution is 7.12. The van der Waals surface area contributed by atoms with Crippen LogP contribution in [0.15, 0.2) is 23.6 Å². The number of thiophene rings is 1. The number of aryl methyl sites for hydroxylation is 2. The van der Waals surface area contributed by atoms with Crippen LogP contribution in [0.3, 0.4) is 0 Å². The van der Waals surface area contributed by atoms with Crippen LogP contribution >= 0.6 is 11.3 Å². The second kappa shape index (κ2) is 4.43. The van der Waals surface area contributed by atoms with Gasteiger partial charge in [0.15, 0.2) is 0 Å². The van der Waals surface area contributed by atoms with Crippen LogP contribution in [0.25, 0.3) is 5.78 Å². The van der Waals surface area contributed by atoms with Crippen LogP contribution in [0, 0.1) is 13.8 Å². The van der Waals surface area contributed by atoms with Gasteiger partial charge < -0.3 is 0 Å². The van der Waals surface area contributed by atoms with Crippen molar-refractivity contribution in [1.82, 2.24) is 19.6 Å². The van der Waals surface area contributed by atoms with Crippen LogP contribution in [0.1, 0.15) is 21.1 Å². The molecule has 0 fully saturated rings. The van der Waals surface area contributed by atoms with Crippen molar-refractivity contribution in [1.29, 1.82) is 0 Å². The zero-order chi connectivity index (χ0) is 13.4. The minimum atomic E-state index is -0.208. The number of hydrogen-bond donors (Lipinski definition) is 1. The van der Waals surface area contributed by atoms with Crippen molar-refractivity contribution in [2.45, 2.75) is 13.8 Å². The Balaban J connectivity index is 1.94. The second-order valence-corrected chi connectivity index (χ2v) is 5.07. The fraction of sp³-hybridized carbons (Fsp3) is 0.167. The standard InChI is InChI=1S/C12H11N5OS/c1-7-6-8(2)17-12(13-7)15-11(16-17)14-10(18)9-4-3-5-19-9/h3-6H,1-2H3,(H,14,16,18). The fourth-order valence-electron chi connectivity index (χ4n) is 1.79. The van der Waals surface area contributed by atoms with Gasteiger partial charge in [-0.25, -0.2) is 4.98 Å². The summed E-state index contributed by atoms with van der Waals surface area (Å²) in [6.07, 6.45) is 0. The lowest BCUT2D eigenvalue weighted by Gasteiger charge is -1.97. The molecule has 0 saturated heterocycles. The van der Waals surface area contributed by atoms with Crippen molar-refractivity contribution in [3.63, 3.8) is 0 Å². The molecular weight excluding hydrogens is 262 g/mol. The van der Waals surface area contributed by atoms with Crippen molar-refractivity contribution in [3.05, 3.63) is 39.8 Å². The molecule has 0 aromatic carbocycles. The molecule has 3 heterocycles. The summed E-state index contributed by atoms with van der Waals surface area (Å²) in [5.41, 5.74) is 1.79. The van der Waals surface area contributed by atoms with E-state index < -0.39 is 0 Å². The van der Waals surface area contributed by atoms with Gasteiger partial charge in [0.25, 0.3) is 17.6 Å². The number of hydrogen-bond acceptors (Lipinski definition) is 5. The highest BCUT2D eigenvalue weighted by Crippen LogP contribution is 2.12. The predicted molar refractivity (Wildman–Crippen MR) is 72.5 cm³/mol. The second-order valence-electron chi connectivity index (χ2n) is 4.12. The van der Waals surface area contributed by atoms with E-state index in [0.29, 0.717) is 10.7 Å². The first-order chi connectivity index (χ1) is 9.13. The molecule has 3 aromatic rings. The first-order valence-electron chi connectivity index (χ1n) is 5.69. The van der Waals surface area contributed by atoms with Gasteiger partial charge in [0, 0.05) is 11.4 Å². The van der Waals surface area contributed by atoms with E-state index in [2.05, 4.69) is 20.4 Å². The van der Waals surface area contributed by atoms with Crippen molar-refractivity contribution in [2.75, 3.05) is 5.32 Å². The minimum Gasteiger partial charge on any atom is -0.288 e. The van der Waals surface area contributed by atoms with E-state index in [0.717, 1.165) is 11.4 Å². The van der Waals surface area contributed by atoms with E-state index in [1.807, 2.05) is 31.4 Å². The molecular formula is C12H11N5OS. The predicted octanol–water partition coefficient (Wildman–Crippen LogP) is 2.05. The molecule has 3 aromatic heterocycles. The molecule has 0 aliphatic rings. The fourth-order valence-corrected chi connectivity index (χ4v) is 2.41. The van der Waals surface area contributed by atoms with E-state index in [-0.39, 0.29) is 11.9 Å². The van der Waals surface area contributed by atoms with Crippen molar-refractivity contribution in [3.8, 4) is 0 Å². The van der Waals surface area contributed by atoms with Gasteiger partial charge in [-0.15, -0.1) is 16.4 Å². The molecule has 0 saturated carbocycles. The number of nitrogens with one attached hydrogen (secondary N) is 1. The maximum absolute atomic E-state index is 11.9. The third kappa shape index (κ3) is 2.19. The molecule has 0 aliphatic heterocycles. The maximum Gasteiger partial charge on any atom is 0.268 e. The number of anilines is 1. The normalized spacial score (nSPS) is 10.8. The Morgan fingerprint density at radius 2 is 2.21 bits per heavy atom. The van der Waals surface area contributed by atoms with Gasteiger partial charge >= 0.3 is 0 Å². The molecule has 6 nitrogen and oxygen atoms in total.